The van der Waals surface area contributed by atoms with Gasteiger partial charge in [-0.1, -0.05) is 43.7 Å². The van der Waals surface area contributed by atoms with Crippen LogP contribution in [-0.4, -0.2) is 25.8 Å². The van der Waals surface area contributed by atoms with Crippen molar-refractivity contribution in [3.05, 3.63) is 54.1 Å². The van der Waals surface area contributed by atoms with E-state index in [-0.39, 0.29) is 18.3 Å². The normalized spacial score (nSPS) is 14.6. The Kier molecular flexibility index (Phi) is 12.0. The van der Waals surface area contributed by atoms with Crippen LogP contribution in [0.15, 0.2) is 48.6 Å². The Morgan fingerprint density at radius 2 is 1.93 bits per heavy atom. The Morgan fingerprint density at radius 1 is 1.23 bits per heavy atom. The van der Waals surface area contributed by atoms with Gasteiger partial charge in [-0.15, -0.1) is 6.58 Å². The van der Waals surface area contributed by atoms with E-state index in [0.717, 1.165) is 49.7 Å². The first-order chi connectivity index (χ1) is 14.4. The molecule has 4 heteroatoms. The van der Waals surface area contributed by atoms with Crippen LogP contribution < -0.4 is 4.74 Å². The molecule has 4 nitrogen and oxygen atoms in total. The molecule has 0 saturated heterocycles. The van der Waals surface area contributed by atoms with Gasteiger partial charge in [0.1, 0.15) is 18.6 Å². The summed E-state index contributed by atoms with van der Waals surface area (Å²) in [4.78, 5) is 24.2. The smallest absolute Gasteiger partial charge is 0.164 e. The van der Waals surface area contributed by atoms with E-state index in [9.17, 15) is 9.59 Å². The summed E-state index contributed by atoms with van der Waals surface area (Å²) >= 11 is 0. The summed E-state index contributed by atoms with van der Waals surface area (Å²) in [5.41, 5.74) is 1.69. The predicted molar refractivity (Wildman–Crippen MR) is 123 cm³/mol. The van der Waals surface area contributed by atoms with E-state index in [1.807, 2.05) is 44.2 Å². The van der Waals surface area contributed by atoms with Crippen LogP contribution in [0.25, 0.3) is 0 Å². The Hall–Kier alpha value is -2.20. The molecule has 0 bridgehead atoms. The van der Waals surface area contributed by atoms with Crippen molar-refractivity contribution >= 4 is 12.1 Å². The van der Waals surface area contributed by atoms with Crippen molar-refractivity contribution in [3.63, 3.8) is 0 Å². The molecule has 0 radical (unpaired) electrons. The average Bonchev–Trinajstić information content (AvgIpc) is 2.75. The van der Waals surface area contributed by atoms with Gasteiger partial charge in [-0.05, 0) is 62.6 Å². The molecule has 0 amide bonds. The van der Waals surface area contributed by atoms with Crippen molar-refractivity contribution in [1.82, 2.24) is 0 Å². The van der Waals surface area contributed by atoms with Crippen LogP contribution in [0.3, 0.4) is 0 Å². The third-order valence-electron chi connectivity index (χ3n) is 5.98. The zero-order chi connectivity index (χ0) is 22.4. The van der Waals surface area contributed by atoms with E-state index in [1.165, 1.54) is 5.57 Å². The first-order valence-corrected chi connectivity index (χ1v) is 10.8. The number of aldehydes is 1. The highest BCUT2D eigenvalue weighted by atomic mass is 16.5. The Morgan fingerprint density at radius 3 is 2.53 bits per heavy atom. The molecular weight excluding hydrogens is 376 g/mol. The van der Waals surface area contributed by atoms with E-state index < -0.39 is 5.41 Å². The first kappa shape index (κ1) is 25.8. The van der Waals surface area contributed by atoms with Crippen molar-refractivity contribution in [1.29, 1.82) is 0 Å². The summed E-state index contributed by atoms with van der Waals surface area (Å²) in [5, 5.41) is 0. The third-order valence-corrected chi connectivity index (χ3v) is 5.98. The second-order valence-electron chi connectivity index (χ2n) is 8.25. The number of benzene rings is 1. The van der Waals surface area contributed by atoms with Gasteiger partial charge < -0.3 is 14.3 Å². The molecule has 0 aliphatic rings. The molecule has 0 unspecified atom stereocenters. The van der Waals surface area contributed by atoms with E-state index in [4.69, 9.17) is 9.47 Å². The molecule has 0 heterocycles. The number of unbranched alkanes of at least 4 members (excludes halogenated alkanes) is 2. The summed E-state index contributed by atoms with van der Waals surface area (Å²) in [7, 11) is 1.63. The molecular formula is C26H38O4. The highest BCUT2D eigenvalue weighted by molar-refractivity contribution is 5.86. The number of carbonyl (C=O) groups excluding carboxylic acids is 2. The van der Waals surface area contributed by atoms with Gasteiger partial charge in [0.25, 0.3) is 0 Å². The topological polar surface area (TPSA) is 52.6 Å². The van der Waals surface area contributed by atoms with Crippen molar-refractivity contribution in [2.24, 2.45) is 11.3 Å². The lowest BCUT2D eigenvalue weighted by Crippen LogP contribution is -2.37. The number of hydrogen-bond donors (Lipinski definition) is 0. The maximum absolute atomic E-state index is 13.1. The van der Waals surface area contributed by atoms with E-state index in [0.29, 0.717) is 13.0 Å². The van der Waals surface area contributed by atoms with Gasteiger partial charge in [0, 0.05) is 11.8 Å². The lowest BCUT2D eigenvalue weighted by molar-refractivity contribution is -0.136. The van der Waals surface area contributed by atoms with Crippen molar-refractivity contribution in [2.75, 3.05) is 13.7 Å². The molecule has 0 aliphatic heterocycles. The van der Waals surface area contributed by atoms with Gasteiger partial charge in [0.05, 0.1) is 13.7 Å². The summed E-state index contributed by atoms with van der Waals surface area (Å²) < 4.78 is 10.9. The molecule has 0 spiro atoms. The maximum Gasteiger partial charge on any atom is 0.164 e. The van der Waals surface area contributed by atoms with Gasteiger partial charge in [0.2, 0.25) is 0 Å². The van der Waals surface area contributed by atoms with E-state index >= 15 is 0 Å². The van der Waals surface area contributed by atoms with Crippen LogP contribution in [0.5, 0.6) is 5.75 Å². The monoisotopic (exact) mass is 414 g/mol. The number of ether oxygens (including phenoxy) is 2. The van der Waals surface area contributed by atoms with Gasteiger partial charge in [-0.2, -0.15) is 0 Å². The number of Topliss-reactive ketones (excluding diaryl/α,β-unsaturated/α-hetero) is 1. The molecule has 166 valence electrons. The Bertz CT molecular complexity index is 689. The number of hydrogen-bond acceptors (Lipinski definition) is 4. The highest BCUT2D eigenvalue weighted by Gasteiger charge is 2.37. The number of carbonyl (C=O) groups is 2. The molecule has 0 fully saturated rings. The molecule has 0 aliphatic carbocycles. The molecule has 2 atom stereocenters. The fourth-order valence-corrected chi connectivity index (χ4v) is 3.38. The zero-order valence-corrected chi connectivity index (χ0v) is 19.1. The van der Waals surface area contributed by atoms with Crippen molar-refractivity contribution < 1.29 is 19.1 Å². The lowest BCUT2D eigenvalue weighted by Gasteiger charge is -2.34. The summed E-state index contributed by atoms with van der Waals surface area (Å²) in [6.45, 7) is 10.2. The van der Waals surface area contributed by atoms with Crippen LogP contribution in [0, 0.1) is 11.3 Å². The maximum atomic E-state index is 13.1. The molecule has 1 aromatic carbocycles. The van der Waals surface area contributed by atoms with Gasteiger partial charge in [0.15, 0.2) is 5.78 Å². The quantitative estimate of drug-likeness (QED) is 0.186. The summed E-state index contributed by atoms with van der Waals surface area (Å²) in [5.74, 6) is 0.823. The number of ketones is 1. The number of rotatable bonds is 16. The molecule has 30 heavy (non-hydrogen) atoms. The average molecular weight is 415 g/mol. The Labute approximate surface area is 182 Å². The molecule has 0 aromatic heterocycles. The minimum absolute atomic E-state index is 0.0272. The van der Waals surface area contributed by atoms with Gasteiger partial charge in [-0.25, -0.2) is 0 Å². The molecule has 1 rings (SSSR count). The van der Waals surface area contributed by atoms with Gasteiger partial charge in [-0.3, -0.25) is 4.79 Å². The SMILES string of the molecule is C=CCCCC=C(C)CC[C@](C)(C(=O)COCc1ccc(OC)cc1)[C@@H](C)CC=O. The second-order valence-corrected chi connectivity index (χ2v) is 8.25. The predicted octanol–water partition coefficient (Wildman–Crippen LogP) is 6.10. The molecule has 1 aromatic rings. The van der Waals surface area contributed by atoms with Crippen LogP contribution in [-0.2, 0) is 20.9 Å². The molecule has 0 N–H and O–H groups in total. The third kappa shape index (κ3) is 8.66. The minimum Gasteiger partial charge on any atom is -0.497 e. The fourth-order valence-electron chi connectivity index (χ4n) is 3.38. The van der Waals surface area contributed by atoms with E-state index in [2.05, 4.69) is 19.6 Å². The largest absolute Gasteiger partial charge is 0.497 e. The highest BCUT2D eigenvalue weighted by Crippen LogP contribution is 2.37. The summed E-state index contributed by atoms with van der Waals surface area (Å²) in [6, 6.07) is 7.61. The van der Waals surface area contributed by atoms with Crippen LogP contribution in [0.1, 0.15) is 64.9 Å². The minimum atomic E-state index is -0.586. The van der Waals surface area contributed by atoms with E-state index in [1.54, 1.807) is 7.11 Å². The molecule has 0 saturated carbocycles. The second kappa shape index (κ2) is 13.9. The van der Waals surface area contributed by atoms with Crippen molar-refractivity contribution in [3.8, 4) is 5.75 Å². The first-order valence-electron chi connectivity index (χ1n) is 10.8. The zero-order valence-electron chi connectivity index (χ0n) is 19.1. The Balaban J connectivity index is 2.68. The van der Waals surface area contributed by atoms with Crippen LogP contribution in [0.2, 0.25) is 0 Å². The van der Waals surface area contributed by atoms with Gasteiger partial charge >= 0.3 is 0 Å². The van der Waals surface area contributed by atoms with Crippen molar-refractivity contribution in [2.45, 2.75) is 65.9 Å². The van der Waals surface area contributed by atoms with Crippen LogP contribution >= 0.6 is 0 Å². The fraction of sp³-hybridized carbons (Fsp3) is 0.538. The lowest BCUT2D eigenvalue weighted by atomic mass is 9.70. The summed E-state index contributed by atoms with van der Waals surface area (Å²) in [6.07, 6.45) is 10.2. The number of allylic oxidation sites excluding steroid dienone is 3. The van der Waals surface area contributed by atoms with Crippen LogP contribution in [0.4, 0.5) is 0 Å². The standard InChI is InChI=1S/C26H38O4/c1-6-7-8-9-10-21(2)15-17-26(4,22(3)16-18-27)25(28)20-30-19-23-11-13-24(29-5)14-12-23/h6,10-14,18,22H,1,7-9,15-17,19-20H2,2-5H3/t22-,26-/m0/s1. The number of methoxy groups -OCH3 is 1.